The number of aliphatic hydroxyl groups excluding tert-OH is 1. The zero-order valence-corrected chi connectivity index (χ0v) is 20.7. The Morgan fingerprint density at radius 3 is 2.68 bits per heavy atom. The van der Waals surface area contributed by atoms with Gasteiger partial charge in [-0.2, -0.15) is 5.10 Å². The number of nitrogens with zero attached hydrogens (tertiary/aromatic N) is 6. The third-order valence-electron chi connectivity index (χ3n) is 8.26. The number of hydrogen-bond acceptors (Lipinski definition) is 8. The van der Waals surface area contributed by atoms with Crippen LogP contribution in [0.25, 0.3) is 28.0 Å². The van der Waals surface area contributed by atoms with E-state index in [-0.39, 0.29) is 11.6 Å². The van der Waals surface area contributed by atoms with Crippen molar-refractivity contribution < 1.29 is 14.6 Å². The monoisotopic (exact) mass is 501 g/mol. The van der Waals surface area contributed by atoms with E-state index >= 15 is 0 Å². The van der Waals surface area contributed by atoms with E-state index in [4.69, 9.17) is 15.2 Å². The molecule has 10 heteroatoms. The van der Waals surface area contributed by atoms with Crippen molar-refractivity contribution in [3.8, 4) is 22.5 Å². The van der Waals surface area contributed by atoms with Crippen LogP contribution in [0.2, 0.25) is 0 Å². The molecule has 3 N–H and O–H groups in total. The molecular formula is C27H31N7O3. The normalized spacial score (nSPS) is 22.5. The molecule has 0 amide bonds. The summed E-state index contributed by atoms with van der Waals surface area (Å²) in [6.45, 7) is 4.30. The van der Waals surface area contributed by atoms with Gasteiger partial charge in [0.25, 0.3) is 0 Å². The number of fused-ring (bicyclic) bond motifs is 1. The van der Waals surface area contributed by atoms with Crippen molar-refractivity contribution in [3.63, 3.8) is 0 Å². The molecule has 1 aromatic carbocycles. The molecule has 3 saturated heterocycles. The predicted molar refractivity (Wildman–Crippen MR) is 138 cm³/mol. The van der Waals surface area contributed by atoms with Crippen molar-refractivity contribution >= 4 is 11.3 Å². The van der Waals surface area contributed by atoms with Gasteiger partial charge in [0.15, 0.2) is 5.82 Å². The molecule has 4 aromatic rings. The average molecular weight is 502 g/mol. The maximum Gasteiger partial charge on any atom is 0.152 e. The molecule has 3 aliphatic heterocycles. The molecule has 0 spiro atoms. The van der Waals surface area contributed by atoms with Crippen molar-refractivity contribution in [1.29, 1.82) is 0 Å². The summed E-state index contributed by atoms with van der Waals surface area (Å²) in [5.74, 6) is 0.432. The van der Waals surface area contributed by atoms with Gasteiger partial charge in [-0.15, -0.1) is 0 Å². The molecule has 3 aromatic heterocycles. The number of rotatable bonds is 5. The molecule has 192 valence electrons. The van der Waals surface area contributed by atoms with Gasteiger partial charge in [0.2, 0.25) is 0 Å². The zero-order valence-electron chi connectivity index (χ0n) is 20.7. The number of likely N-dealkylation sites (tertiary alicyclic amines) is 1. The van der Waals surface area contributed by atoms with Crippen LogP contribution in [0.5, 0.6) is 0 Å². The molecule has 1 unspecified atom stereocenters. The summed E-state index contributed by atoms with van der Waals surface area (Å²) in [5.41, 5.74) is 12.2. The van der Waals surface area contributed by atoms with Crippen LogP contribution in [0, 0.1) is 0 Å². The van der Waals surface area contributed by atoms with Crippen molar-refractivity contribution in [3.05, 3.63) is 54.7 Å². The van der Waals surface area contributed by atoms with Crippen molar-refractivity contribution in [2.24, 2.45) is 0 Å². The Morgan fingerprint density at radius 1 is 1.05 bits per heavy atom. The number of nitrogen functional groups attached to an aromatic ring is 1. The summed E-state index contributed by atoms with van der Waals surface area (Å²) >= 11 is 0. The fourth-order valence-corrected chi connectivity index (χ4v) is 6.16. The predicted octanol–water partition coefficient (Wildman–Crippen LogP) is 2.49. The maximum absolute atomic E-state index is 10.2. The van der Waals surface area contributed by atoms with Crippen molar-refractivity contribution in [1.82, 2.24) is 29.0 Å². The largest absolute Gasteiger partial charge is 0.392 e. The van der Waals surface area contributed by atoms with Gasteiger partial charge in [0.05, 0.1) is 48.8 Å². The fourth-order valence-electron chi connectivity index (χ4n) is 6.16. The number of imidazole rings is 1. The maximum atomic E-state index is 10.2. The summed E-state index contributed by atoms with van der Waals surface area (Å²) in [6, 6.07) is 11.1. The molecule has 10 nitrogen and oxygen atoms in total. The number of benzene rings is 1. The molecule has 1 atom stereocenters. The van der Waals surface area contributed by atoms with Gasteiger partial charge in [0.1, 0.15) is 11.8 Å². The van der Waals surface area contributed by atoms with Gasteiger partial charge in [-0.3, -0.25) is 4.90 Å². The second kappa shape index (κ2) is 8.91. The van der Waals surface area contributed by atoms with Crippen LogP contribution < -0.4 is 5.73 Å². The number of β-amino-alcohol motifs (C(OH)–C–C–N with tert-alkyl or cyclic N) is 1. The summed E-state index contributed by atoms with van der Waals surface area (Å²) in [7, 11) is 0. The van der Waals surface area contributed by atoms with Crippen LogP contribution in [0.1, 0.15) is 30.9 Å². The second-order valence-corrected chi connectivity index (χ2v) is 10.4. The van der Waals surface area contributed by atoms with E-state index in [2.05, 4.69) is 54.9 Å². The minimum atomic E-state index is -0.280. The molecule has 3 aliphatic rings. The number of aromatic nitrogens is 5. The Hall–Kier alpha value is -3.31. The standard InChI is InChI=1S/C27H31N7O3/c28-26-25-22(24-12-29-17-33(24)20-5-8-36-9-6-20)11-23(34(25)31-16-30-26)18-2-1-3-19(10-18)27(14-37-15-27)32-7-4-21(35)13-32/h1-3,10-12,16-17,20-21,35H,4-9,13-15H2,(H2,28,30,31). The molecule has 0 saturated carbocycles. The molecule has 37 heavy (non-hydrogen) atoms. The first kappa shape index (κ1) is 22.9. The number of nitrogens with two attached hydrogens (primary N) is 1. The molecular weight excluding hydrogens is 470 g/mol. The molecule has 3 fully saturated rings. The second-order valence-electron chi connectivity index (χ2n) is 10.4. The van der Waals surface area contributed by atoms with Crippen molar-refractivity contribution in [2.75, 3.05) is 45.3 Å². The van der Waals surface area contributed by atoms with Crippen LogP contribution >= 0.6 is 0 Å². The minimum Gasteiger partial charge on any atom is -0.392 e. The molecule has 0 bridgehead atoms. The van der Waals surface area contributed by atoms with Gasteiger partial charge < -0.3 is 24.9 Å². The minimum absolute atomic E-state index is 0.209. The van der Waals surface area contributed by atoms with Gasteiger partial charge >= 0.3 is 0 Å². The lowest BCUT2D eigenvalue weighted by molar-refractivity contribution is -0.141. The van der Waals surface area contributed by atoms with Crippen LogP contribution in [-0.4, -0.2) is 79.8 Å². The molecule has 0 aliphatic carbocycles. The van der Waals surface area contributed by atoms with Gasteiger partial charge in [-0.05, 0) is 37.0 Å². The topological polar surface area (TPSA) is 116 Å². The van der Waals surface area contributed by atoms with Gasteiger partial charge in [-0.1, -0.05) is 18.2 Å². The number of hydrogen-bond donors (Lipinski definition) is 2. The summed E-state index contributed by atoms with van der Waals surface area (Å²) in [4.78, 5) is 11.2. The third kappa shape index (κ3) is 3.66. The van der Waals surface area contributed by atoms with E-state index in [1.54, 1.807) is 0 Å². The van der Waals surface area contributed by atoms with E-state index in [9.17, 15) is 5.11 Å². The highest BCUT2D eigenvalue weighted by atomic mass is 16.5. The lowest BCUT2D eigenvalue weighted by Crippen LogP contribution is -2.58. The third-order valence-corrected chi connectivity index (χ3v) is 8.26. The van der Waals surface area contributed by atoms with E-state index in [1.165, 1.54) is 11.9 Å². The fraction of sp³-hybridized carbons (Fsp3) is 0.444. The summed E-state index contributed by atoms with van der Waals surface area (Å²) in [6.07, 6.45) is 7.72. The quantitative estimate of drug-likeness (QED) is 0.429. The Bertz CT molecular complexity index is 1440. The Balaban J connectivity index is 1.34. The first-order valence-corrected chi connectivity index (χ1v) is 13.0. The molecule has 7 rings (SSSR count). The highest BCUT2D eigenvalue weighted by molar-refractivity contribution is 5.90. The number of aliphatic hydroxyl groups is 1. The molecule has 0 radical (unpaired) electrons. The summed E-state index contributed by atoms with van der Waals surface area (Å²) in [5, 5.41) is 14.8. The smallest absolute Gasteiger partial charge is 0.152 e. The van der Waals surface area contributed by atoms with Crippen LogP contribution in [0.4, 0.5) is 5.82 Å². The van der Waals surface area contributed by atoms with Crippen LogP contribution in [0.15, 0.2) is 49.2 Å². The van der Waals surface area contributed by atoms with Gasteiger partial charge in [0, 0.05) is 43.5 Å². The average Bonchev–Trinajstić information content (AvgIpc) is 3.63. The Labute approximate surface area is 214 Å². The van der Waals surface area contributed by atoms with E-state index in [0.717, 1.165) is 67.1 Å². The van der Waals surface area contributed by atoms with Crippen molar-refractivity contribution in [2.45, 2.75) is 36.9 Å². The van der Waals surface area contributed by atoms with Crippen LogP contribution in [-0.2, 0) is 15.0 Å². The zero-order chi connectivity index (χ0) is 25.0. The number of anilines is 1. The Morgan fingerprint density at radius 2 is 1.92 bits per heavy atom. The number of ether oxygens (including phenoxy) is 2. The summed E-state index contributed by atoms with van der Waals surface area (Å²) < 4.78 is 15.4. The van der Waals surface area contributed by atoms with Crippen LogP contribution in [0.3, 0.4) is 0 Å². The van der Waals surface area contributed by atoms with E-state index in [0.29, 0.717) is 31.6 Å². The lowest BCUT2D eigenvalue weighted by Gasteiger charge is -2.48. The lowest BCUT2D eigenvalue weighted by atomic mass is 9.85. The highest BCUT2D eigenvalue weighted by Gasteiger charge is 2.48. The first-order chi connectivity index (χ1) is 18.1. The molecule has 6 heterocycles. The first-order valence-electron chi connectivity index (χ1n) is 13.0. The van der Waals surface area contributed by atoms with E-state index < -0.39 is 0 Å². The Kier molecular flexibility index (Phi) is 5.51. The van der Waals surface area contributed by atoms with Gasteiger partial charge in [-0.25, -0.2) is 14.5 Å². The highest BCUT2D eigenvalue weighted by Crippen LogP contribution is 2.41. The van der Waals surface area contributed by atoms with E-state index in [1.807, 2.05) is 17.0 Å². The SMILES string of the molecule is Nc1ncnn2c(-c3cccc(C4(N5CCC(O)C5)COC4)c3)cc(-c3cncn3C3CCOCC3)c12.